The van der Waals surface area contributed by atoms with Crippen molar-refractivity contribution in [1.29, 1.82) is 0 Å². The van der Waals surface area contributed by atoms with Crippen LogP contribution in [0.5, 0.6) is 0 Å². The molecule has 5 N–H and O–H groups in total. The highest BCUT2D eigenvalue weighted by Crippen LogP contribution is 2.27. The van der Waals surface area contributed by atoms with Gasteiger partial charge in [0.2, 0.25) is 5.91 Å². The number of aliphatic hydroxyl groups excluding tert-OH is 3. The fourth-order valence-electron chi connectivity index (χ4n) is 2.31. The normalized spacial score (nSPS) is 16.7. The molecule has 1 aromatic heterocycles. The Morgan fingerprint density at radius 2 is 1.91 bits per heavy atom. The van der Waals surface area contributed by atoms with Crippen LogP contribution in [0.4, 0.5) is 4.39 Å². The number of carbonyl (C=O) groups is 1. The number of rotatable bonds is 6. The zero-order valence-corrected chi connectivity index (χ0v) is 11.9. The van der Waals surface area contributed by atoms with Crippen LogP contribution in [0.15, 0.2) is 39.5 Å². The van der Waals surface area contributed by atoms with Gasteiger partial charge in [0.25, 0.3) is 0 Å². The van der Waals surface area contributed by atoms with Crippen LogP contribution in [0.1, 0.15) is 11.5 Å². The summed E-state index contributed by atoms with van der Waals surface area (Å²) in [6, 6.07) is 6.98. The van der Waals surface area contributed by atoms with Crippen LogP contribution in [0.3, 0.4) is 0 Å². The second kappa shape index (κ2) is 6.86. The lowest BCUT2D eigenvalue weighted by atomic mass is 9.88. The summed E-state index contributed by atoms with van der Waals surface area (Å²) in [5.74, 6) is -2.51. The van der Waals surface area contributed by atoms with E-state index in [0.29, 0.717) is 5.39 Å². The molecule has 0 bridgehead atoms. The van der Waals surface area contributed by atoms with Gasteiger partial charge < -0.3 is 25.5 Å². The number of fused-ring (bicyclic) bond motifs is 1. The smallest absolute Gasteiger partial charge is 0.336 e. The minimum Gasteiger partial charge on any atom is -0.423 e. The maximum Gasteiger partial charge on any atom is 0.336 e. The molecule has 0 spiro atoms. The molecule has 0 aliphatic rings. The van der Waals surface area contributed by atoms with Gasteiger partial charge in [-0.3, -0.25) is 4.79 Å². The SMILES string of the molecule is NC(=O)[C@H](c1ccc2ccc(=O)oc2c1)[C@@H](O)[C@H](F)[C@H](O)CO. The molecule has 2 aromatic rings. The largest absolute Gasteiger partial charge is 0.423 e. The van der Waals surface area contributed by atoms with E-state index in [2.05, 4.69) is 0 Å². The Bertz CT molecular complexity index is 761. The summed E-state index contributed by atoms with van der Waals surface area (Å²) < 4.78 is 18.9. The van der Waals surface area contributed by atoms with Crippen molar-refractivity contribution < 1.29 is 28.9 Å². The minimum atomic E-state index is -2.28. The Hall–Kier alpha value is -2.29. The van der Waals surface area contributed by atoms with Gasteiger partial charge in [-0.25, -0.2) is 9.18 Å². The first-order valence-corrected chi connectivity index (χ1v) is 6.79. The Kier molecular flexibility index (Phi) is 5.09. The van der Waals surface area contributed by atoms with Gasteiger partial charge in [0.05, 0.1) is 12.5 Å². The molecule has 1 aromatic carbocycles. The molecule has 2 rings (SSSR count). The van der Waals surface area contributed by atoms with Crippen molar-refractivity contribution in [2.45, 2.75) is 24.3 Å². The van der Waals surface area contributed by atoms with E-state index in [0.717, 1.165) is 0 Å². The van der Waals surface area contributed by atoms with Gasteiger partial charge in [-0.1, -0.05) is 12.1 Å². The lowest BCUT2D eigenvalue weighted by molar-refractivity contribution is -0.125. The fourth-order valence-corrected chi connectivity index (χ4v) is 2.31. The molecule has 7 nitrogen and oxygen atoms in total. The Balaban J connectivity index is 2.45. The standard InChI is InChI=1S/C15H16FNO6/c16-13(9(19)6-18)14(21)12(15(17)22)8-2-1-7-3-4-11(20)23-10(7)5-8/h1-5,9,12-14,18-19,21H,6H2,(H2,17,22)/t9-,12-,13-,14-/m1/s1. The second-order valence-corrected chi connectivity index (χ2v) is 5.12. The second-order valence-electron chi connectivity index (χ2n) is 5.12. The molecule has 8 heteroatoms. The predicted octanol–water partition coefficient (Wildman–Crippen LogP) is -0.586. The monoisotopic (exact) mass is 325 g/mol. The third-order valence-electron chi connectivity index (χ3n) is 3.54. The van der Waals surface area contributed by atoms with Gasteiger partial charge in [0.15, 0.2) is 6.17 Å². The number of benzene rings is 1. The topological polar surface area (TPSA) is 134 Å². The van der Waals surface area contributed by atoms with Gasteiger partial charge in [-0.15, -0.1) is 0 Å². The van der Waals surface area contributed by atoms with E-state index in [9.17, 15) is 24.2 Å². The van der Waals surface area contributed by atoms with E-state index >= 15 is 0 Å². The third-order valence-corrected chi connectivity index (χ3v) is 3.54. The number of alkyl halides is 1. The number of hydrogen-bond donors (Lipinski definition) is 4. The molecule has 23 heavy (non-hydrogen) atoms. The number of carbonyl (C=O) groups excluding carboxylic acids is 1. The average Bonchev–Trinajstić information content (AvgIpc) is 2.52. The molecule has 0 aliphatic carbocycles. The lowest BCUT2D eigenvalue weighted by Gasteiger charge is -2.25. The molecular formula is C15H16FNO6. The molecule has 124 valence electrons. The number of hydrogen-bond acceptors (Lipinski definition) is 6. The average molecular weight is 325 g/mol. The maximum atomic E-state index is 13.9. The summed E-state index contributed by atoms with van der Waals surface area (Å²) in [7, 11) is 0. The highest BCUT2D eigenvalue weighted by atomic mass is 19.1. The van der Waals surface area contributed by atoms with E-state index in [1.807, 2.05) is 0 Å². The first-order chi connectivity index (χ1) is 10.8. The van der Waals surface area contributed by atoms with Crippen LogP contribution in [-0.2, 0) is 4.79 Å². The summed E-state index contributed by atoms with van der Waals surface area (Å²) in [4.78, 5) is 22.9. The number of nitrogens with two attached hydrogens (primary N) is 1. The van der Waals surface area contributed by atoms with Crippen molar-refractivity contribution >= 4 is 16.9 Å². The van der Waals surface area contributed by atoms with Crippen molar-refractivity contribution in [3.63, 3.8) is 0 Å². The Labute approximate surface area is 129 Å². The van der Waals surface area contributed by atoms with Crippen molar-refractivity contribution in [3.8, 4) is 0 Å². The van der Waals surface area contributed by atoms with E-state index in [1.54, 1.807) is 0 Å². The summed E-state index contributed by atoms with van der Waals surface area (Å²) >= 11 is 0. The molecule has 0 fully saturated rings. The van der Waals surface area contributed by atoms with Crippen LogP contribution >= 0.6 is 0 Å². The van der Waals surface area contributed by atoms with Crippen molar-refractivity contribution in [2.24, 2.45) is 5.73 Å². The molecule has 4 atom stereocenters. The quantitative estimate of drug-likeness (QED) is 0.525. The van der Waals surface area contributed by atoms with Crippen molar-refractivity contribution in [3.05, 3.63) is 46.3 Å². The zero-order valence-electron chi connectivity index (χ0n) is 11.9. The van der Waals surface area contributed by atoms with Gasteiger partial charge in [0.1, 0.15) is 17.8 Å². The van der Waals surface area contributed by atoms with Crippen molar-refractivity contribution in [2.75, 3.05) is 6.61 Å². The van der Waals surface area contributed by atoms with Crippen LogP contribution in [0, 0.1) is 0 Å². The molecule has 0 radical (unpaired) electrons. The summed E-state index contributed by atoms with van der Waals surface area (Å²) in [6.45, 7) is -0.920. The highest BCUT2D eigenvalue weighted by Gasteiger charge is 2.37. The first kappa shape index (κ1) is 17.1. The Morgan fingerprint density at radius 1 is 1.26 bits per heavy atom. The molecular weight excluding hydrogens is 309 g/mol. The van der Waals surface area contributed by atoms with Gasteiger partial charge >= 0.3 is 5.63 Å². The van der Waals surface area contributed by atoms with Crippen LogP contribution in [0.25, 0.3) is 11.0 Å². The summed E-state index contributed by atoms with van der Waals surface area (Å²) in [5.41, 5.74) is 4.88. The zero-order chi connectivity index (χ0) is 17.1. The molecule has 0 unspecified atom stereocenters. The number of halogens is 1. The minimum absolute atomic E-state index is 0.125. The Morgan fingerprint density at radius 3 is 2.52 bits per heavy atom. The van der Waals surface area contributed by atoms with Gasteiger partial charge in [-0.05, 0) is 17.7 Å². The molecule has 1 heterocycles. The molecule has 1 amide bonds. The third kappa shape index (κ3) is 3.55. The summed E-state index contributed by atoms with van der Waals surface area (Å²) in [5, 5.41) is 28.6. The summed E-state index contributed by atoms with van der Waals surface area (Å²) in [6.07, 6.45) is -6.11. The first-order valence-electron chi connectivity index (χ1n) is 6.79. The van der Waals surface area contributed by atoms with Gasteiger partial charge in [0, 0.05) is 11.5 Å². The fraction of sp³-hybridized carbons (Fsp3) is 0.333. The number of amides is 1. The molecule has 0 aliphatic heterocycles. The van der Waals surface area contributed by atoms with Crippen LogP contribution in [-0.4, -0.2) is 46.2 Å². The van der Waals surface area contributed by atoms with Crippen molar-refractivity contribution in [1.82, 2.24) is 0 Å². The molecule has 0 saturated carbocycles. The van der Waals surface area contributed by atoms with E-state index < -0.39 is 42.4 Å². The maximum absolute atomic E-state index is 13.9. The highest BCUT2D eigenvalue weighted by molar-refractivity contribution is 5.85. The predicted molar refractivity (Wildman–Crippen MR) is 78.4 cm³/mol. The van der Waals surface area contributed by atoms with E-state index in [-0.39, 0.29) is 11.1 Å². The number of aliphatic hydroxyl groups is 3. The number of primary amides is 1. The van der Waals surface area contributed by atoms with Crippen LogP contribution in [0.2, 0.25) is 0 Å². The van der Waals surface area contributed by atoms with E-state index in [4.69, 9.17) is 15.3 Å². The van der Waals surface area contributed by atoms with Crippen LogP contribution < -0.4 is 11.4 Å². The lowest BCUT2D eigenvalue weighted by Crippen LogP contribution is -2.43. The van der Waals surface area contributed by atoms with E-state index in [1.165, 1.54) is 30.3 Å². The van der Waals surface area contributed by atoms with Gasteiger partial charge in [-0.2, -0.15) is 0 Å². The molecule has 0 saturated heterocycles.